The van der Waals surface area contributed by atoms with Crippen LogP contribution in [0, 0.1) is 0 Å². The molecule has 0 aliphatic heterocycles. The quantitative estimate of drug-likeness (QED) is 0.766. The van der Waals surface area contributed by atoms with Gasteiger partial charge in [-0.25, -0.2) is 0 Å². The van der Waals surface area contributed by atoms with Crippen LogP contribution in [0.3, 0.4) is 0 Å². The highest BCUT2D eigenvalue weighted by molar-refractivity contribution is 5.71. The van der Waals surface area contributed by atoms with Crippen molar-refractivity contribution in [2.75, 3.05) is 19.7 Å². The van der Waals surface area contributed by atoms with E-state index in [2.05, 4.69) is 0 Å². The lowest BCUT2D eigenvalue weighted by atomic mass is 10.1. The number of benzene rings is 1. The lowest BCUT2D eigenvalue weighted by Crippen LogP contribution is -2.39. The standard InChI is InChI=1S/C15H23NO3/c1-4-19-15(18)11-16(12(2)3)10-14(17)13-8-6-5-7-9-13/h5-9,12,14,17H,4,10-11H2,1-3H3. The van der Waals surface area contributed by atoms with Gasteiger partial charge in [0.05, 0.1) is 19.3 Å². The van der Waals surface area contributed by atoms with Crippen LogP contribution in [0.5, 0.6) is 0 Å². The minimum atomic E-state index is -0.599. The molecule has 1 unspecified atom stereocenters. The third-order valence-electron chi connectivity index (χ3n) is 2.96. The van der Waals surface area contributed by atoms with Crippen molar-refractivity contribution in [3.05, 3.63) is 35.9 Å². The van der Waals surface area contributed by atoms with Gasteiger partial charge in [0, 0.05) is 12.6 Å². The molecule has 1 N–H and O–H groups in total. The van der Waals surface area contributed by atoms with Gasteiger partial charge in [-0.05, 0) is 26.3 Å². The van der Waals surface area contributed by atoms with Crippen LogP contribution in [0.1, 0.15) is 32.4 Å². The van der Waals surface area contributed by atoms with E-state index in [-0.39, 0.29) is 18.6 Å². The zero-order valence-corrected chi connectivity index (χ0v) is 11.9. The molecule has 0 saturated heterocycles. The van der Waals surface area contributed by atoms with Crippen molar-refractivity contribution in [2.24, 2.45) is 0 Å². The van der Waals surface area contributed by atoms with Crippen molar-refractivity contribution < 1.29 is 14.6 Å². The maximum atomic E-state index is 11.5. The normalized spacial score (nSPS) is 12.7. The van der Waals surface area contributed by atoms with Gasteiger partial charge in [0.15, 0.2) is 0 Å². The summed E-state index contributed by atoms with van der Waals surface area (Å²) >= 11 is 0. The number of aliphatic hydroxyl groups is 1. The summed E-state index contributed by atoms with van der Waals surface area (Å²) in [6.07, 6.45) is -0.599. The maximum absolute atomic E-state index is 11.5. The first kappa shape index (κ1) is 15.7. The predicted molar refractivity (Wildman–Crippen MR) is 74.7 cm³/mol. The van der Waals surface area contributed by atoms with Crippen LogP contribution < -0.4 is 0 Å². The highest BCUT2D eigenvalue weighted by Gasteiger charge is 2.19. The van der Waals surface area contributed by atoms with Crippen molar-refractivity contribution in [1.29, 1.82) is 0 Å². The highest BCUT2D eigenvalue weighted by Crippen LogP contribution is 2.15. The van der Waals surface area contributed by atoms with E-state index in [4.69, 9.17) is 4.74 Å². The Morgan fingerprint density at radius 1 is 1.32 bits per heavy atom. The lowest BCUT2D eigenvalue weighted by Gasteiger charge is -2.27. The zero-order chi connectivity index (χ0) is 14.3. The molecule has 0 aliphatic rings. The molecule has 19 heavy (non-hydrogen) atoms. The SMILES string of the molecule is CCOC(=O)CN(CC(O)c1ccccc1)C(C)C. The molecule has 0 aromatic heterocycles. The molecular formula is C15H23NO3. The van der Waals surface area contributed by atoms with Crippen LogP contribution in [-0.2, 0) is 9.53 Å². The second-order valence-electron chi connectivity index (χ2n) is 4.75. The van der Waals surface area contributed by atoms with Crippen LogP contribution >= 0.6 is 0 Å². The second-order valence-corrected chi connectivity index (χ2v) is 4.75. The largest absolute Gasteiger partial charge is 0.465 e. The van der Waals surface area contributed by atoms with Gasteiger partial charge in [0.1, 0.15) is 0 Å². The number of hydrogen-bond acceptors (Lipinski definition) is 4. The Morgan fingerprint density at radius 3 is 2.47 bits per heavy atom. The van der Waals surface area contributed by atoms with E-state index >= 15 is 0 Å². The van der Waals surface area contributed by atoms with Gasteiger partial charge in [-0.3, -0.25) is 9.69 Å². The topological polar surface area (TPSA) is 49.8 Å². The summed E-state index contributed by atoms with van der Waals surface area (Å²) in [7, 11) is 0. The molecule has 0 heterocycles. The average molecular weight is 265 g/mol. The van der Waals surface area contributed by atoms with Crippen LogP contribution in [-0.4, -0.2) is 41.7 Å². The van der Waals surface area contributed by atoms with Crippen molar-refractivity contribution in [2.45, 2.75) is 32.9 Å². The molecule has 0 radical (unpaired) electrons. The summed E-state index contributed by atoms with van der Waals surface area (Å²) in [6, 6.07) is 9.63. The molecular weight excluding hydrogens is 242 g/mol. The Balaban J connectivity index is 2.61. The van der Waals surface area contributed by atoms with E-state index in [9.17, 15) is 9.90 Å². The molecule has 106 valence electrons. The van der Waals surface area contributed by atoms with Gasteiger partial charge >= 0.3 is 5.97 Å². The van der Waals surface area contributed by atoms with Crippen LogP contribution in [0.15, 0.2) is 30.3 Å². The van der Waals surface area contributed by atoms with E-state index in [1.54, 1.807) is 6.92 Å². The third-order valence-corrected chi connectivity index (χ3v) is 2.96. The molecule has 1 rings (SSSR count). The molecule has 0 aliphatic carbocycles. The maximum Gasteiger partial charge on any atom is 0.320 e. The molecule has 1 aromatic rings. The number of rotatable bonds is 7. The molecule has 1 atom stereocenters. The number of carbonyl (C=O) groups excluding carboxylic acids is 1. The van der Waals surface area contributed by atoms with E-state index in [0.717, 1.165) is 5.56 Å². The molecule has 4 nitrogen and oxygen atoms in total. The molecule has 0 spiro atoms. The van der Waals surface area contributed by atoms with E-state index in [1.807, 2.05) is 49.1 Å². The van der Waals surface area contributed by atoms with Crippen LogP contribution in [0.25, 0.3) is 0 Å². The third kappa shape index (κ3) is 5.41. The monoisotopic (exact) mass is 265 g/mol. The fourth-order valence-corrected chi connectivity index (χ4v) is 1.83. The van der Waals surface area contributed by atoms with Crippen molar-refractivity contribution in [3.63, 3.8) is 0 Å². The first-order valence-corrected chi connectivity index (χ1v) is 6.67. The fourth-order valence-electron chi connectivity index (χ4n) is 1.83. The average Bonchev–Trinajstić information content (AvgIpc) is 2.39. The Labute approximate surface area is 115 Å². The predicted octanol–water partition coefficient (Wildman–Crippen LogP) is 1.99. The second kappa shape index (κ2) is 7.92. The molecule has 0 fully saturated rings. The Kier molecular flexibility index (Phi) is 6.53. The van der Waals surface area contributed by atoms with Crippen LogP contribution in [0.4, 0.5) is 0 Å². The zero-order valence-electron chi connectivity index (χ0n) is 11.9. The smallest absolute Gasteiger partial charge is 0.320 e. The van der Waals surface area contributed by atoms with Gasteiger partial charge in [-0.2, -0.15) is 0 Å². The Hall–Kier alpha value is -1.39. The number of nitrogens with zero attached hydrogens (tertiary/aromatic N) is 1. The molecule has 0 bridgehead atoms. The van der Waals surface area contributed by atoms with E-state index in [1.165, 1.54) is 0 Å². The summed E-state index contributed by atoms with van der Waals surface area (Å²) in [5, 5.41) is 10.2. The minimum Gasteiger partial charge on any atom is -0.465 e. The molecule has 0 amide bonds. The number of esters is 1. The number of carbonyl (C=O) groups is 1. The van der Waals surface area contributed by atoms with Gasteiger partial charge in [0.25, 0.3) is 0 Å². The van der Waals surface area contributed by atoms with Crippen LogP contribution in [0.2, 0.25) is 0 Å². The van der Waals surface area contributed by atoms with Crippen molar-refractivity contribution in [3.8, 4) is 0 Å². The van der Waals surface area contributed by atoms with E-state index < -0.39 is 6.10 Å². The van der Waals surface area contributed by atoms with Gasteiger partial charge in [0.2, 0.25) is 0 Å². The first-order chi connectivity index (χ1) is 9.04. The first-order valence-electron chi connectivity index (χ1n) is 6.67. The molecule has 4 heteroatoms. The number of ether oxygens (including phenoxy) is 1. The Bertz CT molecular complexity index is 378. The summed E-state index contributed by atoms with van der Waals surface area (Å²) in [4.78, 5) is 13.4. The highest BCUT2D eigenvalue weighted by atomic mass is 16.5. The lowest BCUT2D eigenvalue weighted by molar-refractivity contribution is -0.145. The number of aliphatic hydroxyl groups excluding tert-OH is 1. The van der Waals surface area contributed by atoms with Crippen molar-refractivity contribution >= 4 is 5.97 Å². The molecule has 0 saturated carbocycles. The van der Waals surface area contributed by atoms with Gasteiger partial charge < -0.3 is 9.84 Å². The summed E-state index contributed by atoms with van der Waals surface area (Å²) in [5.41, 5.74) is 0.858. The Morgan fingerprint density at radius 2 is 1.95 bits per heavy atom. The summed E-state index contributed by atoms with van der Waals surface area (Å²) in [5.74, 6) is -0.253. The minimum absolute atomic E-state index is 0.169. The van der Waals surface area contributed by atoms with Gasteiger partial charge in [-0.15, -0.1) is 0 Å². The summed E-state index contributed by atoms with van der Waals surface area (Å²) < 4.78 is 4.95. The van der Waals surface area contributed by atoms with Gasteiger partial charge in [-0.1, -0.05) is 30.3 Å². The summed E-state index contributed by atoms with van der Waals surface area (Å²) in [6.45, 7) is 6.78. The van der Waals surface area contributed by atoms with E-state index in [0.29, 0.717) is 13.2 Å². The number of hydrogen-bond donors (Lipinski definition) is 1. The van der Waals surface area contributed by atoms with Crippen molar-refractivity contribution in [1.82, 2.24) is 4.90 Å². The fraction of sp³-hybridized carbons (Fsp3) is 0.533. The molecule has 1 aromatic carbocycles.